The average Bonchev–Trinajstić information content (AvgIpc) is 2.64. The van der Waals surface area contributed by atoms with Gasteiger partial charge in [-0.25, -0.2) is 9.68 Å². The van der Waals surface area contributed by atoms with Gasteiger partial charge in [0.25, 0.3) is 6.29 Å². The Hall–Kier alpha value is -2.63. The van der Waals surface area contributed by atoms with E-state index in [0.29, 0.717) is 16.9 Å². The van der Waals surface area contributed by atoms with Crippen LogP contribution in [0.1, 0.15) is 54.1 Å². The van der Waals surface area contributed by atoms with Crippen molar-refractivity contribution in [3.8, 4) is 0 Å². The van der Waals surface area contributed by atoms with E-state index in [2.05, 4.69) is 0 Å². The lowest BCUT2D eigenvalue weighted by atomic mass is 9.99. The van der Waals surface area contributed by atoms with Crippen LogP contribution in [0.2, 0.25) is 0 Å². The van der Waals surface area contributed by atoms with Gasteiger partial charge in [0.1, 0.15) is 5.76 Å². The van der Waals surface area contributed by atoms with Crippen LogP contribution in [0.25, 0.3) is 11.8 Å². The number of hydrogen-bond acceptors (Lipinski definition) is 5. The number of ether oxygens (including phenoxy) is 2. The van der Waals surface area contributed by atoms with Gasteiger partial charge in [-0.15, -0.1) is 0 Å². The van der Waals surface area contributed by atoms with Crippen molar-refractivity contribution in [2.45, 2.75) is 32.7 Å². The van der Waals surface area contributed by atoms with Crippen molar-refractivity contribution in [3.63, 3.8) is 0 Å². The van der Waals surface area contributed by atoms with Crippen molar-refractivity contribution in [3.05, 3.63) is 70.8 Å². The molecule has 1 atom stereocenters. The highest BCUT2D eigenvalue weighted by molar-refractivity contribution is 5.97. The van der Waals surface area contributed by atoms with E-state index in [4.69, 9.17) is 19.2 Å². The second-order valence-electron chi connectivity index (χ2n) is 6.92. The molecule has 0 saturated carbocycles. The van der Waals surface area contributed by atoms with Gasteiger partial charge in [-0.1, -0.05) is 42.5 Å². The van der Waals surface area contributed by atoms with Crippen molar-refractivity contribution in [1.29, 1.82) is 0 Å². The molecule has 1 heterocycles. The predicted molar refractivity (Wildman–Crippen MR) is 97.8 cm³/mol. The predicted octanol–water partition coefficient (Wildman–Crippen LogP) is 4.75. The molecule has 1 aliphatic rings. The Morgan fingerprint density at radius 3 is 2.46 bits per heavy atom. The van der Waals surface area contributed by atoms with E-state index in [0.717, 1.165) is 11.1 Å². The van der Waals surface area contributed by atoms with E-state index in [-0.39, 0.29) is 0 Å². The number of hydrogen-bond donors (Lipinski definition) is 0. The lowest BCUT2D eigenvalue weighted by molar-refractivity contribution is -0.412. The first-order valence-corrected chi connectivity index (χ1v) is 8.38. The fourth-order valence-corrected chi connectivity index (χ4v) is 2.60. The van der Waals surface area contributed by atoms with Gasteiger partial charge in [-0.05, 0) is 38.5 Å². The van der Waals surface area contributed by atoms with E-state index >= 15 is 0 Å². The molecule has 0 radical (unpaired) electrons. The molecule has 2 aromatic rings. The molecule has 0 N–H and O–H groups in total. The van der Waals surface area contributed by atoms with Crippen LogP contribution in [0.3, 0.4) is 0 Å². The Kier molecular flexibility index (Phi) is 5.11. The van der Waals surface area contributed by atoms with Gasteiger partial charge < -0.3 is 9.47 Å². The Morgan fingerprint density at radius 2 is 1.73 bits per heavy atom. The van der Waals surface area contributed by atoms with E-state index in [9.17, 15) is 4.79 Å². The normalized spacial score (nSPS) is 16.3. The molecule has 136 valence electrons. The third-order valence-electron chi connectivity index (χ3n) is 3.75. The molecule has 0 amide bonds. The molecule has 0 bridgehead atoms. The molecule has 1 aliphatic heterocycles. The molecular weight excluding hydrogens is 332 g/mol. The first-order chi connectivity index (χ1) is 12.4. The molecule has 5 heteroatoms. The third-order valence-corrected chi connectivity index (χ3v) is 3.75. The summed E-state index contributed by atoms with van der Waals surface area (Å²) in [5.41, 5.74) is 2.38. The molecule has 0 fully saturated rings. The lowest BCUT2D eigenvalue weighted by Gasteiger charge is -2.29. The molecular formula is C21H22O5. The molecule has 3 rings (SSSR count). The maximum Gasteiger partial charge on any atom is 0.338 e. The van der Waals surface area contributed by atoms with Gasteiger partial charge >= 0.3 is 5.97 Å². The summed E-state index contributed by atoms with van der Waals surface area (Å²) < 4.78 is 10.9. The van der Waals surface area contributed by atoms with Gasteiger partial charge in [0.15, 0.2) is 0 Å². The standard InChI is InChI=1S/C21H22O5/c1-21(2,3)26-25-20-15-10-6-5-9-14(15)13-18(24-20)16-11-7-8-12-17(16)19(22)23-4/h5-13,20H,1-4H3. The van der Waals surface area contributed by atoms with E-state index in [1.54, 1.807) is 12.1 Å². The van der Waals surface area contributed by atoms with Gasteiger partial charge in [-0.3, -0.25) is 0 Å². The molecule has 0 spiro atoms. The Bertz CT molecular complexity index is 832. The Labute approximate surface area is 153 Å². The van der Waals surface area contributed by atoms with E-state index in [1.165, 1.54) is 7.11 Å². The van der Waals surface area contributed by atoms with Crippen molar-refractivity contribution >= 4 is 17.8 Å². The van der Waals surface area contributed by atoms with Crippen molar-refractivity contribution in [2.24, 2.45) is 0 Å². The van der Waals surface area contributed by atoms with E-state index < -0.39 is 17.9 Å². The number of rotatable bonds is 4. The summed E-state index contributed by atoms with van der Waals surface area (Å²) in [5.74, 6) is 0.0968. The highest BCUT2D eigenvalue weighted by Crippen LogP contribution is 2.38. The summed E-state index contributed by atoms with van der Waals surface area (Å²) in [6, 6.07) is 14.9. The third kappa shape index (κ3) is 3.95. The molecule has 0 aromatic heterocycles. The van der Waals surface area contributed by atoms with Gasteiger partial charge in [0.05, 0.1) is 18.3 Å². The molecule has 0 saturated heterocycles. The van der Waals surface area contributed by atoms with Crippen molar-refractivity contribution in [2.75, 3.05) is 7.11 Å². The zero-order chi connectivity index (χ0) is 18.7. The van der Waals surface area contributed by atoms with Crippen LogP contribution < -0.4 is 0 Å². The fraction of sp³-hybridized carbons (Fsp3) is 0.286. The second kappa shape index (κ2) is 7.32. The summed E-state index contributed by atoms with van der Waals surface area (Å²) in [6.45, 7) is 5.68. The largest absolute Gasteiger partial charge is 0.465 e. The van der Waals surface area contributed by atoms with Crippen LogP contribution in [0.15, 0.2) is 48.5 Å². The minimum absolute atomic E-state index is 0.424. The topological polar surface area (TPSA) is 54.0 Å². The number of carbonyl (C=O) groups is 1. The summed E-state index contributed by atoms with van der Waals surface area (Å²) in [6.07, 6.45) is 1.14. The van der Waals surface area contributed by atoms with Crippen LogP contribution in [0.5, 0.6) is 0 Å². The first kappa shape index (κ1) is 18.2. The quantitative estimate of drug-likeness (QED) is 0.451. The number of carbonyl (C=O) groups excluding carboxylic acids is 1. The fourth-order valence-electron chi connectivity index (χ4n) is 2.60. The van der Waals surface area contributed by atoms with Crippen molar-refractivity contribution < 1.29 is 24.0 Å². The molecule has 1 unspecified atom stereocenters. The maximum atomic E-state index is 12.1. The molecule has 0 aliphatic carbocycles. The number of fused-ring (bicyclic) bond motifs is 1. The lowest BCUT2D eigenvalue weighted by Crippen LogP contribution is -2.23. The second-order valence-corrected chi connectivity index (χ2v) is 6.92. The van der Waals surface area contributed by atoms with Crippen LogP contribution in [-0.2, 0) is 19.2 Å². The first-order valence-electron chi connectivity index (χ1n) is 8.38. The van der Waals surface area contributed by atoms with E-state index in [1.807, 2.05) is 63.2 Å². The monoisotopic (exact) mass is 354 g/mol. The van der Waals surface area contributed by atoms with Gasteiger partial charge in [-0.2, -0.15) is 4.89 Å². The highest BCUT2D eigenvalue weighted by Gasteiger charge is 2.28. The summed E-state index contributed by atoms with van der Waals surface area (Å²) in [4.78, 5) is 23.1. The van der Waals surface area contributed by atoms with Crippen LogP contribution in [0, 0.1) is 0 Å². The van der Waals surface area contributed by atoms with Gasteiger partial charge in [0, 0.05) is 11.1 Å². The molecule has 26 heavy (non-hydrogen) atoms. The number of methoxy groups -OCH3 is 1. The zero-order valence-electron chi connectivity index (χ0n) is 15.3. The van der Waals surface area contributed by atoms with Gasteiger partial charge in [0.2, 0.25) is 0 Å². The van der Waals surface area contributed by atoms with Crippen LogP contribution in [-0.4, -0.2) is 18.7 Å². The Balaban J connectivity index is 2.00. The summed E-state index contributed by atoms with van der Waals surface area (Å²) >= 11 is 0. The Morgan fingerprint density at radius 1 is 1.04 bits per heavy atom. The zero-order valence-corrected chi connectivity index (χ0v) is 15.3. The van der Waals surface area contributed by atoms with Crippen LogP contribution >= 0.6 is 0 Å². The van der Waals surface area contributed by atoms with Crippen LogP contribution in [0.4, 0.5) is 0 Å². The minimum Gasteiger partial charge on any atom is -0.465 e. The molecule has 2 aromatic carbocycles. The smallest absolute Gasteiger partial charge is 0.338 e. The summed E-state index contributed by atoms with van der Waals surface area (Å²) in [7, 11) is 1.35. The average molecular weight is 354 g/mol. The number of esters is 1. The maximum absolute atomic E-state index is 12.1. The summed E-state index contributed by atoms with van der Waals surface area (Å²) in [5, 5.41) is 0. The van der Waals surface area contributed by atoms with Crippen molar-refractivity contribution in [1.82, 2.24) is 0 Å². The minimum atomic E-state index is -0.740. The molecule has 5 nitrogen and oxygen atoms in total. The SMILES string of the molecule is COC(=O)c1ccccc1C1=Cc2ccccc2C(OOC(C)(C)C)O1. The highest BCUT2D eigenvalue weighted by atomic mass is 17.2. The number of benzene rings is 2.